The van der Waals surface area contributed by atoms with E-state index >= 15 is 0 Å². The molecule has 1 aromatic rings. The lowest BCUT2D eigenvalue weighted by molar-refractivity contribution is -0.113. The van der Waals surface area contributed by atoms with Crippen LogP contribution in [0.25, 0.3) is 0 Å². The highest BCUT2D eigenvalue weighted by Gasteiger charge is 2.10. The van der Waals surface area contributed by atoms with Gasteiger partial charge in [-0.05, 0) is 12.1 Å². The summed E-state index contributed by atoms with van der Waals surface area (Å²) in [5.41, 5.74) is 0.543. The van der Waals surface area contributed by atoms with Crippen molar-refractivity contribution in [2.75, 3.05) is 30.5 Å². The smallest absolute Gasteiger partial charge is 0.237 e. The SMILES string of the molecule is COc1ccccc1NC(=O)CS(=O)CCO. The molecule has 6 heteroatoms. The fourth-order valence-corrected chi connectivity index (χ4v) is 1.97. The first-order chi connectivity index (χ1) is 8.17. The maximum atomic E-state index is 11.5. The van der Waals surface area contributed by atoms with Crippen molar-refractivity contribution in [2.24, 2.45) is 0 Å². The van der Waals surface area contributed by atoms with Gasteiger partial charge in [0.05, 0.1) is 19.4 Å². The van der Waals surface area contributed by atoms with Crippen molar-refractivity contribution in [2.45, 2.75) is 0 Å². The molecule has 0 spiro atoms. The van der Waals surface area contributed by atoms with Crippen LogP contribution in [-0.2, 0) is 15.6 Å². The number of benzene rings is 1. The summed E-state index contributed by atoms with van der Waals surface area (Å²) in [4.78, 5) is 11.5. The highest BCUT2D eigenvalue weighted by atomic mass is 32.2. The molecule has 1 aromatic carbocycles. The molecule has 0 aliphatic heterocycles. The predicted molar refractivity (Wildman–Crippen MR) is 66.6 cm³/mol. The highest BCUT2D eigenvalue weighted by molar-refractivity contribution is 7.85. The number of anilines is 1. The Morgan fingerprint density at radius 1 is 1.47 bits per heavy atom. The molecule has 2 N–H and O–H groups in total. The van der Waals surface area contributed by atoms with E-state index < -0.39 is 10.8 Å². The number of carbonyl (C=O) groups is 1. The van der Waals surface area contributed by atoms with Gasteiger partial charge in [0.15, 0.2) is 0 Å². The summed E-state index contributed by atoms with van der Waals surface area (Å²) in [6.45, 7) is -0.186. The zero-order chi connectivity index (χ0) is 12.7. The number of ether oxygens (including phenoxy) is 1. The molecule has 0 radical (unpaired) electrons. The summed E-state index contributed by atoms with van der Waals surface area (Å²) in [5.74, 6) is 0.174. The highest BCUT2D eigenvalue weighted by Crippen LogP contribution is 2.22. The summed E-state index contributed by atoms with van der Waals surface area (Å²) in [6.07, 6.45) is 0. The Bertz CT molecular complexity index is 408. The Kier molecular flexibility index (Phi) is 5.65. The van der Waals surface area contributed by atoms with E-state index in [1.165, 1.54) is 7.11 Å². The molecule has 17 heavy (non-hydrogen) atoms. The Morgan fingerprint density at radius 2 is 2.18 bits per heavy atom. The van der Waals surface area contributed by atoms with Gasteiger partial charge in [-0.15, -0.1) is 0 Å². The molecule has 0 saturated heterocycles. The zero-order valence-electron chi connectivity index (χ0n) is 9.51. The quantitative estimate of drug-likeness (QED) is 0.772. The second-order valence-electron chi connectivity index (χ2n) is 3.26. The van der Waals surface area contributed by atoms with Gasteiger partial charge < -0.3 is 15.2 Å². The van der Waals surface area contributed by atoms with E-state index in [-0.39, 0.29) is 24.0 Å². The minimum atomic E-state index is -1.34. The van der Waals surface area contributed by atoms with E-state index in [2.05, 4.69) is 5.32 Å². The molecule has 0 aliphatic carbocycles. The van der Waals surface area contributed by atoms with Gasteiger partial charge >= 0.3 is 0 Å². The van der Waals surface area contributed by atoms with Gasteiger partial charge in [0, 0.05) is 16.6 Å². The monoisotopic (exact) mass is 257 g/mol. The molecule has 0 bridgehead atoms. The molecule has 1 atom stereocenters. The number of aliphatic hydroxyl groups is 1. The van der Waals surface area contributed by atoms with Crippen molar-refractivity contribution < 1.29 is 18.8 Å². The normalized spacial score (nSPS) is 11.9. The van der Waals surface area contributed by atoms with Crippen LogP contribution in [0.4, 0.5) is 5.69 Å². The van der Waals surface area contributed by atoms with Crippen molar-refractivity contribution in [3.8, 4) is 5.75 Å². The maximum absolute atomic E-state index is 11.5. The molecule has 0 aliphatic rings. The summed E-state index contributed by atoms with van der Waals surface area (Å²) >= 11 is 0. The second kappa shape index (κ2) is 7.03. The third kappa shape index (κ3) is 4.54. The van der Waals surface area contributed by atoms with Crippen molar-refractivity contribution in [3.63, 3.8) is 0 Å². The van der Waals surface area contributed by atoms with Crippen LogP contribution in [0.15, 0.2) is 24.3 Å². The average Bonchev–Trinajstić information content (AvgIpc) is 2.29. The first kappa shape index (κ1) is 13.7. The van der Waals surface area contributed by atoms with Crippen LogP contribution in [0.5, 0.6) is 5.75 Å². The third-order valence-corrected chi connectivity index (χ3v) is 3.21. The summed E-state index contributed by atoms with van der Waals surface area (Å²) in [7, 11) is 0.174. The van der Waals surface area contributed by atoms with E-state index in [1.54, 1.807) is 24.3 Å². The fourth-order valence-electron chi connectivity index (χ4n) is 1.25. The van der Waals surface area contributed by atoms with Crippen LogP contribution in [0.1, 0.15) is 0 Å². The lowest BCUT2D eigenvalue weighted by atomic mass is 10.3. The first-order valence-electron chi connectivity index (χ1n) is 5.06. The van der Waals surface area contributed by atoms with Gasteiger partial charge in [-0.2, -0.15) is 0 Å². The van der Waals surface area contributed by atoms with E-state index in [0.29, 0.717) is 11.4 Å². The molecule has 1 unspecified atom stereocenters. The summed E-state index contributed by atoms with van der Waals surface area (Å²) < 4.78 is 16.3. The van der Waals surface area contributed by atoms with Crippen LogP contribution < -0.4 is 10.1 Å². The molecule has 1 amide bonds. The van der Waals surface area contributed by atoms with Crippen molar-refractivity contribution in [1.29, 1.82) is 0 Å². The van der Waals surface area contributed by atoms with Gasteiger partial charge in [0.2, 0.25) is 5.91 Å². The third-order valence-electron chi connectivity index (χ3n) is 1.99. The molecule has 0 aromatic heterocycles. The number of nitrogens with one attached hydrogen (secondary N) is 1. The minimum Gasteiger partial charge on any atom is -0.495 e. The molecule has 94 valence electrons. The van der Waals surface area contributed by atoms with Crippen LogP contribution in [0, 0.1) is 0 Å². The Labute approximate surface area is 102 Å². The number of amides is 1. The number of methoxy groups -OCH3 is 1. The molecular weight excluding hydrogens is 242 g/mol. The number of carbonyl (C=O) groups excluding carboxylic acids is 1. The lowest BCUT2D eigenvalue weighted by Crippen LogP contribution is -2.21. The van der Waals surface area contributed by atoms with E-state index in [9.17, 15) is 9.00 Å². The second-order valence-corrected chi connectivity index (χ2v) is 4.84. The number of rotatable bonds is 6. The van der Waals surface area contributed by atoms with Gasteiger partial charge in [0.25, 0.3) is 0 Å². The molecule has 0 heterocycles. The molecule has 5 nitrogen and oxygen atoms in total. The van der Waals surface area contributed by atoms with Crippen molar-refractivity contribution in [3.05, 3.63) is 24.3 Å². The van der Waals surface area contributed by atoms with E-state index in [4.69, 9.17) is 9.84 Å². The van der Waals surface area contributed by atoms with Crippen LogP contribution in [-0.4, -0.2) is 40.4 Å². The Morgan fingerprint density at radius 3 is 2.82 bits per heavy atom. The van der Waals surface area contributed by atoms with Gasteiger partial charge in [0.1, 0.15) is 11.5 Å². The zero-order valence-corrected chi connectivity index (χ0v) is 10.3. The van der Waals surface area contributed by atoms with Crippen LogP contribution >= 0.6 is 0 Å². The summed E-state index contributed by atoms with van der Waals surface area (Å²) in [6, 6.07) is 6.98. The molecule has 0 fully saturated rings. The largest absolute Gasteiger partial charge is 0.495 e. The fraction of sp³-hybridized carbons (Fsp3) is 0.364. The van der Waals surface area contributed by atoms with Gasteiger partial charge in [-0.1, -0.05) is 12.1 Å². The van der Waals surface area contributed by atoms with Crippen LogP contribution in [0.2, 0.25) is 0 Å². The van der Waals surface area contributed by atoms with Crippen molar-refractivity contribution >= 4 is 22.4 Å². The van der Waals surface area contributed by atoms with Gasteiger partial charge in [-0.3, -0.25) is 9.00 Å². The molecule has 1 rings (SSSR count). The first-order valence-corrected chi connectivity index (χ1v) is 6.55. The van der Waals surface area contributed by atoms with Gasteiger partial charge in [-0.25, -0.2) is 0 Å². The summed E-state index contributed by atoms with van der Waals surface area (Å²) in [5, 5.41) is 11.2. The minimum absolute atomic E-state index is 0.110. The number of para-hydroxylation sites is 2. The Hall–Kier alpha value is -1.40. The molecule has 0 saturated carbocycles. The number of hydrogen-bond donors (Lipinski definition) is 2. The standard InChI is InChI=1S/C11H15NO4S/c1-16-10-5-3-2-4-9(10)12-11(14)8-17(15)7-6-13/h2-5,13H,6-8H2,1H3,(H,12,14). The van der Waals surface area contributed by atoms with Crippen molar-refractivity contribution in [1.82, 2.24) is 0 Å². The molecular formula is C11H15NO4S. The average molecular weight is 257 g/mol. The maximum Gasteiger partial charge on any atom is 0.237 e. The number of aliphatic hydroxyl groups excluding tert-OH is 1. The Balaban J connectivity index is 2.59. The topological polar surface area (TPSA) is 75.6 Å². The van der Waals surface area contributed by atoms with E-state index in [0.717, 1.165) is 0 Å². The lowest BCUT2D eigenvalue weighted by Gasteiger charge is -2.09. The van der Waals surface area contributed by atoms with E-state index in [1.807, 2.05) is 0 Å². The van der Waals surface area contributed by atoms with Crippen LogP contribution in [0.3, 0.4) is 0 Å². The predicted octanol–water partition coefficient (Wildman–Crippen LogP) is 0.375. The number of hydrogen-bond acceptors (Lipinski definition) is 4.